The summed E-state index contributed by atoms with van der Waals surface area (Å²) in [6.07, 6.45) is 0.365. The molecule has 7 heteroatoms. The van der Waals surface area contributed by atoms with Crippen molar-refractivity contribution in [2.45, 2.75) is 32.4 Å². The van der Waals surface area contributed by atoms with Crippen molar-refractivity contribution in [3.8, 4) is 0 Å². The molecule has 0 spiro atoms. The van der Waals surface area contributed by atoms with E-state index in [1.807, 2.05) is 13.8 Å². The number of hydrogen-bond donors (Lipinski definition) is 2. The largest absolute Gasteiger partial charge is 0.481 e. The number of carboxylic acids is 1. The molecular weight excluding hydrogens is 264 g/mol. The van der Waals surface area contributed by atoms with E-state index < -0.39 is 23.8 Å². The SMILES string of the molecule is CC(C)NC(=O)C1COCCN1C(=O)C1CC1C(=O)O. The van der Waals surface area contributed by atoms with Crippen LogP contribution in [0.25, 0.3) is 0 Å². The minimum absolute atomic E-state index is 0.0194. The third-order valence-electron chi connectivity index (χ3n) is 3.57. The summed E-state index contributed by atoms with van der Waals surface area (Å²) in [4.78, 5) is 36.7. The minimum atomic E-state index is -0.945. The first-order valence-electron chi connectivity index (χ1n) is 6.83. The van der Waals surface area contributed by atoms with E-state index in [1.165, 1.54) is 4.90 Å². The van der Waals surface area contributed by atoms with Crippen LogP contribution in [0.2, 0.25) is 0 Å². The molecule has 20 heavy (non-hydrogen) atoms. The number of rotatable bonds is 4. The molecule has 3 atom stereocenters. The van der Waals surface area contributed by atoms with Crippen molar-refractivity contribution in [3.05, 3.63) is 0 Å². The Balaban J connectivity index is 2.02. The van der Waals surface area contributed by atoms with Gasteiger partial charge in [-0.25, -0.2) is 0 Å². The van der Waals surface area contributed by atoms with Crippen molar-refractivity contribution in [2.75, 3.05) is 19.8 Å². The minimum Gasteiger partial charge on any atom is -0.481 e. The summed E-state index contributed by atoms with van der Waals surface area (Å²) in [5, 5.41) is 11.7. The van der Waals surface area contributed by atoms with Gasteiger partial charge in [0.25, 0.3) is 0 Å². The van der Waals surface area contributed by atoms with Gasteiger partial charge in [0, 0.05) is 12.6 Å². The summed E-state index contributed by atoms with van der Waals surface area (Å²) in [5.74, 6) is -2.52. The van der Waals surface area contributed by atoms with Crippen LogP contribution in [-0.2, 0) is 19.1 Å². The van der Waals surface area contributed by atoms with E-state index in [-0.39, 0.29) is 24.5 Å². The maximum absolute atomic E-state index is 12.3. The Hall–Kier alpha value is -1.63. The Morgan fingerprint density at radius 2 is 2.00 bits per heavy atom. The zero-order valence-electron chi connectivity index (χ0n) is 11.7. The number of carbonyl (C=O) groups is 3. The van der Waals surface area contributed by atoms with Crippen LogP contribution in [0, 0.1) is 11.8 Å². The maximum Gasteiger partial charge on any atom is 0.307 e. The number of morpholine rings is 1. The van der Waals surface area contributed by atoms with Gasteiger partial charge in [-0.1, -0.05) is 0 Å². The standard InChI is InChI=1S/C13H20N2O5/c1-7(2)14-11(16)10-6-20-4-3-15(10)12(17)8-5-9(8)13(18)19/h7-10H,3-6H2,1-2H3,(H,14,16)(H,18,19). The van der Waals surface area contributed by atoms with Crippen molar-refractivity contribution < 1.29 is 24.2 Å². The average molecular weight is 284 g/mol. The van der Waals surface area contributed by atoms with Gasteiger partial charge < -0.3 is 20.1 Å². The second-order valence-electron chi connectivity index (χ2n) is 5.57. The van der Waals surface area contributed by atoms with Gasteiger partial charge in [-0.15, -0.1) is 0 Å². The van der Waals surface area contributed by atoms with Crippen LogP contribution in [0.5, 0.6) is 0 Å². The van der Waals surface area contributed by atoms with E-state index in [9.17, 15) is 14.4 Å². The molecule has 1 heterocycles. The van der Waals surface area contributed by atoms with E-state index in [1.54, 1.807) is 0 Å². The van der Waals surface area contributed by atoms with Gasteiger partial charge >= 0.3 is 5.97 Å². The zero-order valence-corrected chi connectivity index (χ0v) is 11.7. The van der Waals surface area contributed by atoms with Crippen molar-refractivity contribution in [2.24, 2.45) is 11.8 Å². The highest BCUT2D eigenvalue weighted by atomic mass is 16.5. The highest BCUT2D eigenvalue weighted by Crippen LogP contribution is 2.40. The van der Waals surface area contributed by atoms with E-state index in [4.69, 9.17) is 9.84 Å². The molecule has 3 unspecified atom stereocenters. The number of hydrogen-bond acceptors (Lipinski definition) is 4. The fraction of sp³-hybridized carbons (Fsp3) is 0.769. The molecule has 2 rings (SSSR count). The molecule has 0 aromatic carbocycles. The first kappa shape index (κ1) is 14.8. The van der Waals surface area contributed by atoms with Crippen molar-refractivity contribution >= 4 is 17.8 Å². The smallest absolute Gasteiger partial charge is 0.307 e. The highest BCUT2D eigenvalue weighted by molar-refractivity contribution is 5.93. The van der Waals surface area contributed by atoms with Crippen molar-refractivity contribution in [3.63, 3.8) is 0 Å². The van der Waals surface area contributed by atoms with Crippen molar-refractivity contribution in [1.29, 1.82) is 0 Å². The van der Waals surface area contributed by atoms with Gasteiger partial charge in [-0.3, -0.25) is 14.4 Å². The molecule has 0 bridgehead atoms. The summed E-state index contributed by atoms with van der Waals surface area (Å²) in [7, 11) is 0. The topological polar surface area (TPSA) is 95.9 Å². The fourth-order valence-electron chi connectivity index (χ4n) is 2.42. The summed E-state index contributed by atoms with van der Waals surface area (Å²) < 4.78 is 5.27. The lowest BCUT2D eigenvalue weighted by atomic mass is 10.1. The van der Waals surface area contributed by atoms with Gasteiger partial charge in [-0.2, -0.15) is 0 Å². The zero-order chi connectivity index (χ0) is 14.9. The Kier molecular flexibility index (Phi) is 4.27. The Labute approximate surface area is 117 Å². The molecule has 2 aliphatic rings. The summed E-state index contributed by atoms with van der Waals surface area (Å²) >= 11 is 0. The van der Waals surface area contributed by atoms with E-state index in [2.05, 4.69) is 5.32 Å². The van der Waals surface area contributed by atoms with Gasteiger partial charge in [0.05, 0.1) is 25.0 Å². The average Bonchev–Trinajstić information content (AvgIpc) is 3.17. The third kappa shape index (κ3) is 3.09. The molecule has 2 amide bonds. The molecule has 7 nitrogen and oxygen atoms in total. The maximum atomic E-state index is 12.3. The number of carboxylic acid groups (broad SMARTS) is 1. The van der Waals surface area contributed by atoms with E-state index >= 15 is 0 Å². The lowest BCUT2D eigenvalue weighted by Crippen LogP contribution is -2.57. The normalized spacial score (nSPS) is 29.1. The van der Waals surface area contributed by atoms with Crippen LogP contribution < -0.4 is 5.32 Å². The molecule has 112 valence electrons. The van der Waals surface area contributed by atoms with Crippen LogP contribution in [0.1, 0.15) is 20.3 Å². The number of carbonyl (C=O) groups excluding carboxylic acids is 2. The molecule has 1 saturated carbocycles. The predicted molar refractivity (Wildman–Crippen MR) is 68.8 cm³/mol. The molecule has 1 saturated heterocycles. The number of aliphatic carboxylic acids is 1. The summed E-state index contributed by atoms with van der Waals surface area (Å²) in [6.45, 7) is 4.55. The van der Waals surface area contributed by atoms with Gasteiger partial charge in [0.15, 0.2) is 0 Å². The van der Waals surface area contributed by atoms with Crippen LogP contribution in [0.15, 0.2) is 0 Å². The van der Waals surface area contributed by atoms with Gasteiger partial charge in [-0.05, 0) is 20.3 Å². The predicted octanol–water partition coefficient (Wildman–Crippen LogP) is -0.541. The summed E-state index contributed by atoms with van der Waals surface area (Å²) in [6, 6.07) is -0.678. The molecule has 2 fully saturated rings. The Morgan fingerprint density at radius 1 is 1.30 bits per heavy atom. The number of nitrogens with one attached hydrogen (secondary N) is 1. The number of nitrogens with zero attached hydrogens (tertiary/aromatic N) is 1. The van der Waals surface area contributed by atoms with E-state index in [0.717, 1.165) is 0 Å². The lowest BCUT2D eigenvalue weighted by Gasteiger charge is -2.35. The third-order valence-corrected chi connectivity index (χ3v) is 3.57. The second kappa shape index (κ2) is 5.78. The molecule has 1 aliphatic heterocycles. The highest BCUT2D eigenvalue weighted by Gasteiger charge is 2.51. The Bertz CT molecular complexity index is 423. The van der Waals surface area contributed by atoms with Crippen LogP contribution in [0.3, 0.4) is 0 Å². The molecular formula is C13H20N2O5. The van der Waals surface area contributed by atoms with Crippen LogP contribution in [-0.4, -0.2) is 59.6 Å². The van der Waals surface area contributed by atoms with Crippen LogP contribution in [0.4, 0.5) is 0 Å². The first-order valence-corrected chi connectivity index (χ1v) is 6.83. The quantitative estimate of drug-likeness (QED) is 0.723. The molecule has 0 aromatic heterocycles. The monoisotopic (exact) mass is 284 g/mol. The molecule has 2 N–H and O–H groups in total. The molecule has 0 radical (unpaired) electrons. The number of amides is 2. The van der Waals surface area contributed by atoms with Gasteiger partial charge in [0.2, 0.25) is 11.8 Å². The number of ether oxygens (including phenoxy) is 1. The summed E-state index contributed by atoms with van der Waals surface area (Å²) in [5.41, 5.74) is 0. The molecule has 1 aliphatic carbocycles. The fourth-order valence-corrected chi connectivity index (χ4v) is 2.42. The Morgan fingerprint density at radius 3 is 2.55 bits per heavy atom. The van der Waals surface area contributed by atoms with Crippen molar-refractivity contribution in [1.82, 2.24) is 10.2 Å². The van der Waals surface area contributed by atoms with Crippen LogP contribution >= 0.6 is 0 Å². The first-order chi connectivity index (χ1) is 9.41. The second-order valence-corrected chi connectivity index (χ2v) is 5.57. The lowest BCUT2D eigenvalue weighted by molar-refractivity contribution is -0.151. The molecule has 0 aromatic rings. The van der Waals surface area contributed by atoms with Gasteiger partial charge in [0.1, 0.15) is 6.04 Å². The van der Waals surface area contributed by atoms with E-state index in [0.29, 0.717) is 19.6 Å².